The van der Waals surface area contributed by atoms with Crippen molar-refractivity contribution in [2.24, 2.45) is 0 Å². The van der Waals surface area contributed by atoms with E-state index in [9.17, 15) is 0 Å². The van der Waals surface area contributed by atoms with Gasteiger partial charge in [0.1, 0.15) is 0 Å². The van der Waals surface area contributed by atoms with E-state index in [1.165, 1.54) is 99.2 Å². The summed E-state index contributed by atoms with van der Waals surface area (Å²) >= 11 is 0. The normalized spacial score (nSPS) is 12.4. The van der Waals surface area contributed by atoms with Gasteiger partial charge in [0.25, 0.3) is 0 Å². The molecule has 0 N–H and O–H groups in total. The molecule has 0 unspecified atom stereocenters. The number of aromatic nitrogens is 2. The van der Waals surface area contributed by atoms with E-state index in [1.54, 1.807) is 0 Å². The van der Waals surface area contributed by atoms with E-state index < -0.39 is 0 Å². The summed E-state index contributed by atoms with van der Waals surface area (Å²) in [6, 6.07) is 87.3. The smallest absolute Gasteiger partial charge is 0.0546 e. The Labute approximate surface area is 366 Å². The molecule has 12 aromatic rings. The summed E-state index contributed by atoms with van der Waals surface area (Å²) in [6.45, 7) is 0. The van der Waals surface area contributed by atoms with E-state index >= 15 is 0 Å². The maximum atomic E-state index is 2.50. The second-order valence-corrected chi connectivity index (χ2v) is 16.8. The van der Waals surface area contributed by atoms with Crippen molar-refractivity contribution in [2.45, 2.75) is 5.92 Å². The second-order valence-electron chi connectivity index (χ2n) is 16.8. The standard InChI is InChI=1S/C61H40N2/c1-3-16-40(17-4-1)42-31-34-58-54(37-42)50-24-11-13-28-56(50)62(58)46-21-15-20-44(36-46)47-33-30-43(41-18-5-2-6-19-41)39-60(47)63-57-29-14-12-25-51(57)55-38-45(32-35-59(55)63)61-52-26-9-7-22-48(52)49-23-8-10-27-53(49)61/h1-39,61H. The molecule has 0 aliphatic heterocycles. The molecule has 10 aromatic carbocycles. The van der Waals surface area contributed by atoms with Crippen molar-refractivity contribution >= 4 is 43.6 Å². The first-order valence-electron chi connectivity index (χ1n) is 21.9. The quantitative estimate of drug-likeness (QED) is 0.159. The van der Waals surface area contributed by atoms with Gasteiger partial charge in [-0.3, -0.25) is 0 Å². The van der Waals surface area contributed by atoms with Crippen molar-refractivity contribution in [2.75, 3.05) is 0 Å². The number of hydrogen-bond donors (Lipinski definition) is 0. The first kappa shape index (κ1) is 35.5. The average Bonchev–Trinajstić information content (AvgIpc) is 4.00. The Morgan fingerprint density at radius 2 is 0.778 bits per heavy atom. The zero-order valence-electron chi connectivity index (χ0n) is 34.5. The van der Waals surface area contributed by atoms with Crippen LogP contribution in [-0.4, -0.2) is 9.13 Å². The van der Waals surface area contributed by atoms with Gasteiger partial charge < -0.3 is 9.13 Å². The molecule has 0 spiro atoms. The number of benzene rings is 10. The van der Waals surface area contributed by atoms with Crippen molar-refractivity contribution in [3.8, 4) is 55.9 Å². The third kappa shape index (κ3) is 5.58. The summed E-state index contributed by atoms with van der Waals surface area (Å²) in [7, 11) is 0. The fraction of sp³-hybridized carbons (Fsp3) is 0.0164. The third-order valence-corrected chi connectivity index (χ3v) is 13.4. The second kappa shape index (κ2) is 14.2. The van der Waals surface area contributed by atoms with Crippen LogP contribution in [0.3, 0.4) is 0 Å². The summed E-state index contributed by atoms with van der Waals surface area (Å²) in [5.74, 6) is 0.175. The van der Waals surface area contributed by atoms with Gasteiger partial charge in [-0.2, -0.15) is 0 Å². The van der Waals surface area contributed by atoms with E-state index in [0.717, 1.165) is 16.9 Å². The lowest BCUT2D eigenvalue weighted by molar-refractivity contribution is 1.02. The monoisotopic (exact) mass is 800 g/mol. The van der Waals surface area contributed by atoms with Gasteiger partial charge in [0.05, 0.1) is 27.8 Å². The summed E-state index contributed by atoms with van der Waals surface area (Å²) in [5, 5.41) is 5.01. The van der Waals surface area contributed by atoms with E-state index in [2.05, 4.69) is 246 Å². The highest BCUT2D eigenvalue weighted by Crippen LogP contribution is 2.49. The van der Waals surface area contributed by atoms with Gasteiger partial charge in [-0.05, 0) is 110 Å². The molecular formula is C61H40N2. The third-order valence-electron chi connectivity index (χ3n) is 13.4. The molecule has 0 fully saturated rings. The van der Waals surface area contributed by atoms with Gasteiger partial charge in [0, 0.05) is 38.7 Å². The molecule has 2 heteroatoms. The molecule has 63 heavy (non-hydrogen) atoms. The molecule has 1 aliphatic rings. The number of para-hydroxylation sites is 2. The molecule has 0 atom stereocenters. The van der Waals surface area contributed by atoms with Crippen LogP contribution in [0.5, 0.6) is 0 Å². The highest BCUT2D eigenvalue weighted by atomic mass is 15.0. The first-order valence-corrected chi connectivity index (χ1v) is 21.9. The summed E-state index contributed by atoms with van der Waals surface area (Å²) in [6.07, 6.45) is 0. The van der Waals surface area contributed by atoms with Crippen LogP contribution >= 0.6 is 0 Å². The van der Waals surface area contributed by atoms with Gasteiger partial charge in [0.2, 0.25) is 0 Å². The van der Waals surface area contributed by atoms with E-state index in [0.29, 0.717) is 0 Å². The predicted octanol–water partition coefficient (Wildman–Crippen LogP) is 16.0. The van der Waals surface area contributed by atoms with Crippen LogP contribution in [0.15, 0.2) is 237 Å². The van der Waals surface area contributed by atoms with Gasteiger partial charge in [-0.25, -0.2) is 0 Å². The Morgan fingerprint density at radius 3 is 1.48 bits per heavy atom. The molecule has 2 aromatic heterocycles. The number of hydrogen-bond acceptors (Lipinski definition) is 0. The highest BCUT2D eigenvalue weighted by molar-refractivity contribution is 6.12. The molecule has 294 valence electrons. The van der Waals surface area contributed by atoms with Crippen LogP contribution in [0.2, 0.25) is 0 Å². The summed E-state index contributed by atoms with van der Waals surface area (Å²) < 4.78 is 4.94. The van der Waals surface area contributed by atoms with Crippen LogP contribution in [0.25, 0.3) is 99.5 Å². The fourth-order valence-electron chi connectivity index (χ4n) is 10.6. The molecule has 2 nitrogen and oxygen atoms in total. The topological polar surface area (TPSA) is 9.86 Å². The lowest BCUT2D eigenvalue weighted by Crippen LogP contribution is -2.01. The predicted molar refractivity (Wildman–Crippen MR) is 264 cm³/mol. The van der Waals surface area contributed by atoms with Gasteiger partial charge in [-0.1, -0.05) is 182 Å². The van der Waals surface area contributed by atoms with E-state index in [-0.39, 0.29) is 5.92 Å². The molecule has 2 heterocycles. The molecular weight excluding hydrogens is 761 g/mol. The summed E-state index contributed by atoms with van der Waals surface area (Å²) in [4.78, 5) is 0. The SMILES string of the molecule is c1ccc(-c2ccc(-c3cccc(-n4c5ccccc5c5cc(-c6ccccc6)ccc54)c3)c(-n3c4ccccc4c4cc(C5c6ccccc6-c6ccccc65)ccc43)c2)cc1. The van der Waals surface area contributed by atoms with E-state index in [4.69, 9.17) is 0 Å². The Bertz CT molecular complexity index is 3690. The Morgan fingerprint density at radius 1 is 0.270 bits per heavy atom. The minimum absolute atomic E-state index is 0.175. The van der Waals surface area contributed by atoms with Crippen LogP contribution in [0.1, 0.15) is 22.6 Å². The fourth-order valence-corrected chi connectivity index (χ4v) is 10.6. The molecule has 0 saturated heterocycles. The first-order chi connectivity index (χ1) is 31.3. The minimum Gasteiger partial charge on any atom is -0.309 e. The maximum Gasteiger partial charge on any atom is 0.0546 e. The number of rotatable bonds is 6. The van der Waals surface area contributed by atoms with Crippen LogP contribution in [0.4, 0.5) is 0 Å². The van der Waals surface area contributed by atoms with E-state index in [1.807, 2.05) is 0 Å². The van der Waals surface area contributed by atoms with Gasteiger partial charge >= 0.3 is 0 Å². The molecule has 0 amide bonds. The Kier molecular flexibility index (Phi) is 8.01. The van der Waals surface area contributed by atoms with Gasteiger partial charge in [-0.15, -0.1) is 0 Å². The molecule has 1 aliphatic carbocycles. The van der Waals surface area contributed by atoms with Crippen molar-refractivity contribution in [1.29, 1.82) is 0 Å². The van der Waals surface area contributed by atoms with Crippen molar-refractivity contribution in [1.82, 2.24) is 9.13 Å². The zero-order chi connectivity index (χ0) is 41.4. The minimum atomic E-state index is 0.175. The van der Waals surface area contributed by atoms with Crippen molar-refractivity contribution < 1.29 is 0 Å². The average molecular weight is 801 g/mol. The van der Waals surface area contributed by atoms with Crippen LogP contribution < -0.4 is 0 Å². The van der Waals surface area contributed by atoms with Crippen molar-refractivity contribution in [3.63, 3.8) is 0 Å². The molecule has 0 bridgehead atoms. The maximum absolute atomic E-state index is 2.50. The van der Waals surface area contributed by atoms with Gasteiger partial charge in [0.15, 0.2) is 0 Å². The Balaban J connectivity index is 1.02. The Hall–Kier alpha value is -8.20. The lowest BCUT2D eigenvalue weighted by Gasteiger charge is -2.18. The summed E-state index contributed by atoms with van der Waals surface area (Å²) in [5.41, 5.74) is 21.0. The number of nitrogens with zero attached hydrogens (tertiary/aromatic N) is 2. The molecule has 13 rings (SSSR count). The molecule has 0 saturated carbocycles. The molecule has 0 radical (unpaired) electrons. The van der Waals surface area contributed by atoms with Crippen LogP contribution in [-0.2, 0) is 0 Å². The zero-order valence-corrected chi connectivity index (χ0v) is 34.5. The number of fused-ring (bicyclic) bond motifs is 9. The van der Waals surface area contributed by atoms with Crippen molar-refractivity contribution in [3.05, 3.63) is 253 Å². The highest BCUT2D eigenvalue weighted by Gasteiger charge is 2.30. The van der Waals surface area contributed by atoms with Crippen LogP contribution in [0, 0.1) is 0 Å². The largest absolute Gasteiger partial charge is 0.309 e. The lowest BCUT2D eigenvalue weighted by atomic mass is 9.88.